The van der Waals surface area contributed by atoms with E-state index < -0.39 is 0 Å². The van der Waals surface area contributed by atoms with Crippen LogP contribution in [0.2, 0.25) is 0 Å². The summed E-state index contributed by atoms with van der Waals surface area (Å²) < 4.78 is 18.9. The molecule has 2 rings (SSSR count). The molecule has 0 saturated heterocycles. The molecule has 0 bridgehead atoms. The zero-order valence-corrected chi connectivity index (χ0v) is 9.61. The van der Waals surface area contributed by atoms with Gasteiger partial charge in [-0.2, -0.15) is 0 Å². The van der Waals surface area contributed by atoms with Crippen molar-refractivity contribution in [1.29, 1.82) is 0 Å². The molecule has 0 fully saturated rings. The molecule has 0 aliphatic rings. The van der Waals surface area contributed by atoms with Crippen LogP contribution >= 0.6 is 0 Å². The van der Waals surface area contributed by atoms with Gasteiger partial charge in [0.2, 0.25) is 0 Å². The molecule has 88 valence electrons. The number of anilines is 1. The van der Waals surface area contributed by atoms with Crippen molar-refractivity contribution in [2.75, 3.05) is 5.73 Å². The fourth-order valence-corrected chi connectivity index (χ4v) is 1.50. The monoisotopic (exact) mass is 231 g/mol. The van der Waals surface area contributed by atoms with Crippen molar-refractivity contribution < 1.29 is 9.13 Å². The topological polar surface area (TPSA) is 35.2 Å². The van der Waals surface area contributed by atoms with Crippen LogP contribution in [-0.2, 0) is 6.61 Å². The maximum atomic E-state index is 13.4. The first kappa shape index (κ1) is 11.5. The lowest BCUT2D eigenvalue weighted by Gasteiger charge is -2.09. The van der Waals surface area contributed by atoms with Crippen molar-refractivity contribution in [3.05, 3.63) is 59.4 Å². The lowest BCUT2D eigenvalue weighted by Crippen LogP contribution is -1.99. The molecule has 2 N–H and O–H groups in total. The number of hydrogen-bond acceptors (Lipinski definition) is 2. The van der Waals surface area contributed by atoms with E-state index in [0.29, 0.717) is 23.6 Å². The highest BCUT2D eigenvalue weighted by molar-refractivity contribution is 5.51. The third kappa shape index (κ3) is 2.75. The highest BCUT2D eigenvalue weighted by Gasteiger charge is 2.05. The molecule has 0 aliphatic heterocycles. The minimum Gasteiger partial charge on any atom is -0.489 e. The zero-order chi connectivity index (χ0) is 12.3. The van der Waals surface area contributed by atoms with Gasteiger partial charge in [-0.1, -0.05) is 30.3 Å². The molecule has 0 spiro atoms. The Morgan fingerprint density at radius 1 is 1.18 bits per heavy atom. The first-order valence-corrected chi connectivity index (χ1v) is 5.39. The molecule has 2 nitrogen and oxygen atoms in total. The number of nitrogen functional groups attached to an aromatic ring is 1. The molecular weight excluding hydrogens is 217 g/mol. The summed E-state index contributed by atoms with van der Waals surface area (Å²) in [7, 11) is 0. The summed E-state index contributed by atoms with van der Waals surface area (Å²) in [5, 5.41) is 0. The summed E-state index contributed by atoms with van der Waals surface area (Å²) >= 11 is 0. The lowest BCUT2D eigenvalue weighted by atomic mass is 10.2. The summed E-state index contributed by atoms with van der Waals surface area (Å²) in [6.45, 7) is 2.05. The van der Waals surface area contributed by atoms with Crippen LogP contribution in [-0.4, -0.2) is 0 Å². The Balaban J connectivity index is 2.10. The molecule has 2 aromatic rings. The standard InChI is InChI=1S/C14H14FNO/c1-10-13(15)7-12(8-14(10)16)17-9-11-5-3-2-4-6-11/h2-8H,9,16H2,1H3. The number of hydrogen-bond donors (Lipinski definition) is 1. The zero-order valence-electron chi connectivity index (χ0n) is 9.61. The van der Waals surface area contributed by atoms with Gasteiger partial charge in [0.25, 0.3) is 0 Å². The molecule has 0 atom stereocenters. The molecular formula is C14H14FNO. The van der Waals surface area contributed by atoms with E-state index >= 15 is 0 Å². The summed E-state index contributed by atoms with van der Waals surface area (Å²) in [6, 6.07) is 12.7. The maximum absolute atomic E-state index is 13.4. The number of benzene rings is 2. The highest BCUT2D eigenvalue weighted by Crippen LogP contribution is 2.23. The molecule has 0 saturated carbocycles. The van der Waals surface area contributed by atoms with E-state index in [4.69, 9.17) is 10.5 Å². The second-order valence-corrected chi connectivity index (χ2v) is 3.89. The summed E-state index contributed by atoms with van der Waals surface area (Å²) in [6.07, 6.45) is 0. The average Bonchev–Trinajstić information content (AvgIpc) is 2.34. The molecule has 3 heteroatoms. The van der Waals surface area contributed by atoms with Crippen molar-refractivity contribution in [3.8, 4) is 5.75 Å². The predicted octanol–water partition coefficient (Wildman–Crippen LogP) is 3.30. The maximum Gasteiger partial charge on any atom is 0.131 e. The van der Waals surface area contributed by atoms with Gasteiger partial charge in [0.1, 0.15) is 18.2 Å². The Kier molecular flexibility index (Phi) is 3.28. The van der Waals surface area contributed by atoms with Gasteiger partial charge in [0, 0.05) is 23.4 Å². The fraction of sp³-hybridized carbons (Fsp3) is 0.143. The number of ether oxygens (including phenoxy) is 1. The molecule has 0 aromatic heterocycles. The molecule has 17 heavy (non-hydrogen) atoms. The van der Waals surface area contributed by atoms with Crippen molar-refractivity contribution in [1.82, 2.24) is 0 Å². The SMILES string of the molecule is Cc1c(N)cc(OCc2ccccc2)cc1F. The molecule has 0 heterocycles. The average molecular weight is 231 g/mol. The fourth-order valence-electron chi connectivity index (χ4n) is 1.50. The quantitative estimate of drug-likeness (QED) is 0.822. The summed E-state index contributed by atoms with van der Waals surface area (Å²) in [5.74, 6) is 0.113. The van der Waals surface area contributed by atoms with Crippen LogP contribution < -0.4 is 10.5 Å². The molecule has 2 aromatic carbocycles. The van der Waals surface area contributed by atoms with E-state index in [-0.39, 0.29) is 5.82 Å². The van der Waals surface area contributed by atoms with Crippen LogP contribution in [0.4, 0.5) is 10.1 Å². The van der Waals surface area contributed by atoms with Crippen LogP contribution in [0.1, 0.15) is 11.1 Å². The second kappa shape index (κ2) is 4.87. The van der Waals surface area contributed by atoms with E-state index in [2.05, 4.69) is 0 Å². The third-order valence-corrected chi connectivity index (χ3v) is 2.61. The number of nitrogens with two attached hydrogens (primary N) is 1. The Labute approximate surface area is 99.8 Å². The van der Waals surface area contributed by atoms with Crippen LogP contribution in [0.3, 0.4) is 0 Å². The normalized spacial score (nSPS) is 10.2. The lowest BCUT2D eigenvalue weighted by molar-refractivity contribution is 0.304. The molecule has 0 amide bonds. The minimum atomic E-state index is -0.340. The Bertz CT molecular complexity index is 488. The van der Waals surface area contributed by atoms with E-state index in [1.807, 2.05) is 30.3 Å². The van der Waals surface area contributed by atoms with Crippen LogP contribution in [0.5, 0.6) is 5.75 Å². The van der Waals surface area contributed by atoms with Gasteiger partial charge < -0.3 is 10.5 Å². The van der Waals surface area contributed by atoms with Crippen molar-refractivity contribution in [3.63, 3.8) is 0 Å². The van der Waals surface area contributed by atoms with Gasteiger partial charge in [-0.15, -0.1) is 0 Å². The second-order valence-electron chi connectivity index (χ2n) is 3.89. The van der Waals surface area contributed by atoms with Crippen molar-refractivity contribution in [2.24, 2.45) is 0 Å². The van der Waals surface area contributed by atoms with E-state index in [0.717, 1.165) is 5.56 Å². The molecule has 0 aliphatic carbocycles. The summed E-state index contributed by atoms with van der Waals surface area (Å²) in [4.78, 5) is 0. The van der Waals surface area contributed by atoms with Crippen LogP contribution in [0, 0.1) is 12.7 Å². The summed E-state index contributed by atoms with van der Waals surface area (Å²) in [5.41, 5.74) is 7.57. The van der Waals surface area contributed by atoms with E-state index in [9.17, 15) is 4.39 Å². The third-order valence-electron chi connectivity index (χ3n) is 2.61. The molecule has 0 unspecified atom stereocenters. The first-order valence-electron chi connectivity index (χ1n) is 5.39. The van der Waals surface area contributed by atoms with E-state index in [1.54, 1.807) is 13.0 Å². The van der Waals surface area contributed by atoms with E-state index in [1.165, 1.54) is 6.07 Å². The highest BCUT2D eigenvalue weighted by atomic mass is 19.1. The minimum absolute atomic E-state index is 0.340. The van der Waals surface area contributed by atoms with Crippen LogP contribution in [0.15, 0.2) is 42.5 Å². The smallest absolute Gasteiger partial charge is 0.131 e. The van der Waals surface area contributed by atoms with Crippen molar-refractivity contribution in [2.45, 2.75) is 13.5 Å². The molecule has 0 radical (unpaired) electrons. The van der Waals surface area contributed by atoms with Crippen molar-refractivity contribution >= 4 is 5.69 Å². The Hall–Kier alpha value is -2.03. The van der Waals surface area contributed by atoms with Crippen LogP contribution in [0.25, 0.3) is 0 Å². The van der Waals surface area contributed by atoms with Gasteiger partial charge >= 0.3 is 0 Å². The number of halogens is 1. The Morgan fingerprint density at radius 3 is 2.53 bits per heavy atom. The van der Waals surface area contributed by atoms with Gasteiger partial charge in [0.05, 0.1) is 0 Å². The predicted molar refractivity (Wildman–Crippen MR) is 66.3 cm³/mol. The van der Waals surface area contributed by atoms with Gasteiger partial charge in [-0.05, 0) is 12.5 Å². The first-order chi connectivity index (χ1) is 8.16. The van der Waals surface area contributed by atoms with Gasteiger partial charge in [-0.25, -0.2) is 4.39 Å². The van der Waals surface area contributed by atoms with Gasteiger partial charge in [0.15, 0.2) is 0 Å². The van der Waals surface area contributed by atoms with Gasteiger partial charge in [-0.3, -0.25) is 0 Å². The Morgan fingerprint density at radius 2 is 1.88 bits per heavy atom. The number of rotatable bonds is 3. The largest absolute Gasteiger partial charge is 0.489 e.